The standard InChI is InChI=1S/C92H56N2O4/c1-2-22-59-53-61(48-45-57(59)21-1)60-23-17-24-65(56-60)93(79-36-19-43-86-90(79)74-30-8-14-39-82(74)96-86)77-34-11-4-27-69(77)71-52-51-67(92-89(71)73-29-7-16-41-84(73)98-92)63-50-47-58-46-49-62(54-64(58)55-63)66-25-3-10-33-76(66)94(80-37-20-44-87-91(80)75-31-9-15-40-83(75)97-87)78-35-12-5-26-68(78)70-32-18-42-85-88(70)72-28-6-13-38-81(72)95-85/h1-56H. The van der Waals surface area contributed by atoms with Gasteiger partial charge in [-0.05, 0) is 164 Å². The molecule has 98 heavy (non-hydrogen) atoms. The Morgan fingerprint density at radius 1 is 0.184 bits per heavy atom. The Hall–Kier alpha value is -13.2. The number of para-hydroxylation sites is 7. The highest BCUT2D eigenvalue weighted by Gasteiger charge is 2.28. The molecule has 4 aromatic heterocycles. The van der Waals surface area contributed by atoms with Crippen LogP contribution in [0.25, 0.3) is 165 Å². The minimum atomic E-state index is 0.818. The minimum Gasteiger partial charge on any atom is -0.456 e. The summed E-state index contributed by atoms with van der Waals surface area (Å²) in [5.74, 6) is 0. The molecule has 6 heteroatoms. The summed E-state index contributed by atoms with van der Waals surface area (Å²) < 4.78 is 27.0. The van der Waals surface area contributed by atoms with E-state index in [0.29, 0.717) is 0 Å². The Morgan fingerprint density at radius 2 is 0.561 bits per heavy atom. The third-order valence-corrected chi connectivity index (χ3v) is 19.8. The molecule has 0 atom stereocenters. The highest BCUT2D eigenvalue weighted by molar-refractivity contribution is 6.21. The third-order valence-electron chi connectivity index (χ3n) is 19.8. The van der Waals surface area contributed by atoms with Gasteiger partial charge in [-0.15, -0.1) is 0 Å². The number of hydrogen-bond donors (Lipinski definition) is 0. The molecule has 20 rings (SSSR count). The van der Waals surface area contributed by atoms with E-state index >= 15 is 0 Å². The zero-order valence-electron chi connectivity index (χ0n) is 52.9. The molecule has 0 saturated carbocycles. The maximum atomic E-state index is 7.18. The average Bonchev–Trinajstić information content (AvgIpc) is 1.60. The van der Waals surface area contributed by atoms with Gasteiger partial charge in [0.2, 0.25) is 0 Å². The molecule has 0 amide bonds. The molecule has 0 aliphatic carbocycles. The van der Waals surface area contributed by atoms with Crippen molar-refractivity contribution in [2.75, 3.05) is 9.80 Å². The molecule has 0 saturated heterocycles. The lowest BCUT2D eigenvalue weighted by Crippen LogP contribution is -2.13. The number of rotatable bonds is 11. The second kappa shape index (κ2) is 22.2. The van der Waals surface area contributed by atoms with Gasteiger partial charge in [0.25, 0.3) is 0 Å². The highest BCUT2D eigenvalue weighted by atomic mass is 16.3. The topological polar surface area (TPSA) is 59.0 Å². The first-order chi connectivity index (χ1) is 48.6. The molecular weight excluding hydrogens is 1200 g/mol. The summed E-state index contributed by atoms with van der Waals surface area (Å²) in [7, 11) is 0. The second-order valence-electron chi connectivity index (χ2n) is 25.3. The van der Waals surface area contributed by atoms with Crippen molar-refractivity contribution in [1.29, 1.82) is 0 Å². The van der Waals surface area contributed by atoms with Crippen LogP contribution < -0.4 is 9.80 Å². The summed E-state index contributed by atoms with van der Waals surface area (Å²) in [4.78, 5) is 4.86. The van der Waals surface area contributed by atoms with Gasteiger partial charge in [0.15, 0.2) is 0 Å². The van der Waals surface area contributed by atoms with Crippen LogP contribution >= 0.6 is 0 Å². The number of fused-ring (bicyclic) bond motifs is 14. The van der Waals surface area contributed by atoms with Gasteiger partial charge in [0.05, 0.1) is 39.2 Å². The van der Waals surface area contributed by atoms with Gasteiger partial charge in [0, 0.05) is 60.3 Å². The smallest absolute Gasteiger partial charge is 0.143 e. The van der Waals surface area contributed by atoms with Gasteiger partial charge in [-0.3, -0.25) is 0 Å². The van der Waals surface area contributed by atoms with Gasteiger partial charge >= 0.3 is 0 Å². The van der Waals surface area contributed by atoms with Crippen molar-refractivity contribution >= 4 is 143 Å². The van der Waals surface area contributed by atoms with Crippen molar-refractivity contribution in [2.45, 2.75) is 0 Å². The van der Waals surface area contributed by atoms with E-state index in [2.05, 4.69) is 331 Å². The summed E-state index contributed by atoms with van der Waals surface area (Å²) >= 11 is 0. The van der Waals surface area contributed by atoms with Crippen molar-refractivity contribution in [3.8, 4) is 55.6 Å². The fraction of sp³-hybridized carbons (Fsp3) is 0. The Bertz CT molecular complexity index is 6620. The number of nitrogens with zero attached hydrogens (tertiary/aromatic N) is 2. The lowest BCUT2D eigenvalue weighted by atomic mass is 9.92. The first kappa shape index (κ1) is 55.3. The first-order valence-electron chi connectivity index (χ1n) is 33.3. The molecule has 0 N–H and O–H groups in total. The predicted molar refractivity (Wildman–Crippen MR) is 407 cm³/mol. The van der Waals surface area contributed by atoms with Crippen LogP contribution in [-0.4, -0.2) is 0 Å². The molecule has 458 valence electrons. The Labute approximate surface area is 562 Å². The highest BCUT2D eigenvalue weighted by Crippen LogP contribution is 2.53. The summed E-state index contributed by atoms with van der Waals surface area (Å²) in [5.41, 5.74) is 23.5. The lowest BCUT2D eigenvalue weighted by molar-refractivity contribution is 0.668. The molecule has 6 nitrogen and oxygen atoms in total. The van der Waals surface area contributed by atoms with Gasteiger partial charge < -0.3 is 27.5 Å². The molecule has 0 bridgehead atoms. The number of furan rings is 4. The van der Waals surface area contributed by atoms with E-state index in [0.717, 1.165) is 188 Å². The Balaban J connectivity index is 0.748. The van der Waals surface area contributed by atoms with Crippen molar-refractivity contribution in [3.63, 3.8) is 0 Å². The zero-order chi connectivity index (χ0) is 64.4. The zero-order valence-corrected chi connectivity index (χ0v) is 52.9. The summed E-state index contributed by atoms with van der Waals surface area (Å²) in [6, 6.07) is 122. The van der Waals surface area contributed by atoms with Gasteiger partial charge in [0.1, 0.15) is 44.7 Å². The molecule has 4 heterocycles. The number of benzene rings is 16. The van der Waals surface area contributed by atoms with E-state index in [1.165, 1.54) is 10.8 Å². The van der Waals surface area contributed by atoms with Gasteiger partial charge in [-0.1, -0.05) is 231 Å². The number of anilines is 6. The summed E-state index contributed by atoms with van der Waals surface area (Å²) in [5, 5.41) is 13.1. The van der Waals surface area contributed by atoms with Crippen LogP contribution in [-0.2, 0) is 0 Å². The van der Waals surface area contributed by atoms with Crippen LogP contribution in [0.15, 0.2) is 357 Å². The molecule has 0 unspecified atom stereocenters. The molecule has 0 aliphatic heterocycles. The molecular formula is C92H56N2O4. The third kappa shape index (κ3) is 8.82. The van der Waals surface area contributed by atoms with Gasteiger partial charge in [-0.2, -0.15) is 0 Å². The van der Waals surface area contributed by atoms with Crippen molar-refractivity contribution < 1.29 is 17.7 Å². The maximum Gasteiger partial charge on any atom is 0.143 e. The molecule has 0 aliphatic rings. The van der Waals surface area contributed by atoms with Crippen molar-refractivity contribution in [3.05, 3.63) is 340 Å². The van der Waals surface area contributed by atoms with E-state index < -0.39 is 0 Å². The number of hydrogen-bond acceptors (Lipinski definition) is 6. The van der Waals surface area contributed by atoms with Crippen LogP contribution in [0.1, 0.15) is 0 Å². The van der Waals surface area contributed by atoms with E-state index in [-0.39, 0.29) is 0 Å². The van der Waals surface area contributed by atoms with E-state index in [1.807, 2.05) is 18.2 Å². The Kier molecular flexibility index (Phi) is 12.6. The predicted octanol–water partition coefficient (Wildman–Crippen LogP) is 26.9. The molecule has 20 aromatic rings. The molecule has 0 radical (unpaired) electrons. The summed E-state index contributed by atoms with van der Waals surface area (Å²) in [6.45, 7) is 0. The maximum absolute atomic E-state index is 7.18. The van der Waals surface area contributed by atoms with Crippen LogP contribution in [0.5, 0.6) is 0 Å². The minimum absolute atomic E-state index is 0.818. The fourth-order valence-corrected chi connectivity index (χ4v) is 15.4. The average molecular weight is 1250 g/mol. The van der Waals surface area contributed by atoms with E-state index in [9.17, 15) is 0 Å². The van der Waals surface area contributed by atoms with Crippen LogP contribution in [0, 0.1) is 0 Å². The lowest BCUT2D eigenvalue weighted by Gasteiger charge is -2.30. The van der Waals surface area contributed by atoms with Crippen LogP contribution in [0.2, 0.25) is 0 Å². The van der Waals surface area contributed by atoms with Crippen molar-refractivity contribution in [2.24, 2.45) is 0 Å². The normalized spacial score (nSPS) is 11.9. The SMILES string of the molecule is c1cc(-c2ccc3ccccc3c2)cc(N(c2ccccc2-c2ccc(-c3ccc4ccc(-c5ccccc5N(c5ccccc5-c5cccc6oc7ccccc7c56)c5cccc6oc7ccccc7c56)cc4c3)c3oc4ccccc4c23)c2cccc3oc4ccccc4c23)c1. The largest absolute Gasteiger partial charge is 0.456 e. The first-order valence-corrected chi connectivity index (χ1v) is 33.3. The molecule has 16 aromatic carbocycles. The monoisotopic (exact) mass is 1250 g/mol. The molecule has 0 spiro atoms. The van der Waals surface area contributed by atoms with E-state index in [4.69, 9.17) is 17.7 Å². The second-order valence-corrected chi connectivity index (χ2v) is 25.3. The van der Waals surface area contributed by atoms with Crippen LogP contribution in [0.4, 0.5) is 34.1 Å². The Morgan fingerprint density at radius 3 is 1.19 bits per heavy atom. The van der Waals surface area contributed by atoms with Crippen molar-refractivity contribution in [1.82, 2.24) is 0 Å². The fourth-order valence-electron chi connectivity index (χ4n) is 15.4. The van der Waals surface area contributed by atoms with Gasteiger partial charge in [-0.25, -0.2) is 0 Å². The van der Waals surface area contributed by atoms with E-state index in [1.54, 1.807) is 0 Å². The van der Waals surface area contributed by atoms with Crippen LogP contribution in [0.3, 0.4) is 0 Å². The summed E-state index contributed by atoms with van der Waals surface area (Å²) in [6.07, 6.45) is 0. The quantitative estimate of drug-likeness (QED) is 0.129. The molecule has 0 fully saturated rings.